The minimum atomic E-state index is -5.03. The van der Waals surface area contributed by atoms with Crippen molar-refractivity contribution in [2.24, 2.45) is 5.92 Å². The monoisotopic (exact) mass is 617 g/mol. The third kappa shape index (κ3) is 8.61. The third-order valence-electron chi connectivity index (χ3n) is 5.87. The van der Waals surface area contributed by atoms with Crippen LogP contribution in [0.1, 0.15) is 53.2 Å². The summed E-state index contributed by atoms with van der Waals surface area (Å²) in [6.45, 7) is 3.09. The fourth-order valence-corrected chi connectivity index (χ4v) is 4.22. The van der Waals surface area contributed by atoms with Crippen LogP contribution in [0.3, 0.4) is 0 Å². The van der Waals surface area contributed by atoms with E-state index in [-0.39, 0.29) is 32.8 Å². The van der Waals surface area contributed by atoms with Crippen molar-refractivity contribution in [1.82, 2.24) is 5.32 Å². The lowest BCUT2D eigenvalue weighted by atomic mass is 9.95. The predicted molar refractivity (Wildman–Crippen MR) is 138 cm³/mol. The van der Waals surface area contributed by atoms with Gasteiger partial charge in [-0.05, 0) is 41.8 Å². The highest BCUT2D eigenvalue weighted by atomic mass is 35.5. The average molecular weight is 619 g/mol. The van der Waals surface area contributed by atoms with E-state index < -0.39 is 53.0 Å². The van der Waals surface area contributed by atoms with Crippen LogP contribution >= 0.6 is 34.8 Å². The van der Waals surface area contributed by atoms with E-state index in [2.05, 4.69) is 5.32 Å². The molecule has 2 aromatic carbocycles. The second-order valence-electron chi connectivity index (χ2n) is 8.67. The molecule has 2 rings (SSSR count). The van der Waals surface area contributed by atoms with E-state index in [0.29, 0.717) is 18.6 Å². The van der Waals surface area contributed by atoms with Crippen molar-refractivity contribution >= 4 is 52.6 Å². The first kappa shape index (κ1) is 32.9. The summed E-state index contributed by atoms with van der Waals surface area (Å²) in [7, 11) is 1.27. The number of amides is 1. The molecule has 0 fully saturated rings. The Balaban J connectivity index is 2.47. The number of hydrogen-bond acceptors (Lipinski definition) is 3. The topological polar surface area (TPSA) is 55.4 Å². The highest BCUT2D eigenvalue weighted by molar-refractivity contribution is 6.48. The molecule has 13 heteroatoms. The van der Waals surface area contributed by atoms with Crippen molar-refractivity contribution in [3.63, 3.8) is 0 Å². The van der Waals surface area contributed by atoms with Crippen molar-refractivity contribution in [3.8, 4) is 0 Å². The number of carbonyl (C=O) groups excluding carboxylic acids is 2. The quantitative estimate of drug-likeness (QED) is 0.215. The van der Waals surface area contributed by atoms with Crippen molar-refractivity contribution in [2.45, 2.75) is 44.6 Å². The van der Waals surface area contributed by atoms with Gasteiger partial charge in [0.15, 0.2) is 5.78 Å². The second-order valence-corrected chi connectivity index (χ2v) is 9.87. The van der Waals surface area contributed by atoms with Gasteiger partial charge in [-0.3, -0.25) is 9.59 Å². The zero-order valence-corrected chi connectivity index (χ0v) is 23.1. The fourth-order valence-electron chi connectivity index (χ4n) is 3.61. The van der Waals surface area contributed by atoms with Gasteiger partial charge in [0.25, 0.3) is 5.91 Å². The summed E-state index contributed by atoms with van der Waals surface area (Å²) in [5.41, 5.74) is -2.83. The highest BCUT2D eigenvalue weighted by Crippen LogP contribution is 2.41. The van der Waals surface area contributed by atoms with Crippen LogP contribution in [-0.4, -0.2) is 37.6 Å². The molecule has 0 saturated heterocycles. The van der Waals surface area contributed by atoms with E-state index in [1.54, 1.807) is 13.8 Å². The molecule has 3 unspecified atom stereocenters. The van der Waals surface area contributed by atoms with E-state index in [1.165, 1.54) is 7.11 Å². The van der Waals surface area contributed by atoms with Crippen LogP contribution in [0.2, 0.25) is 15.1 Å². The molecule has 39 heavy (non-hydrogen) atoms. The minimum absolute atomic E-state index is 0.144. The molecule has 214 valence electrons. The Bertz CT molecular complexity index is 1210. The van der Waals surface area contributed by atoms with E-state index in [0.717, 1.165) is 30.3 Å². The number of halogens is 9. The smallest absolute Gasteiger partial charge is 0.382 e. The molecule has 0 aromatic heterocycles. The number of rotatable bonds is 10. The van der Waals surface area contributed by atoms with Crippen LogP contribution in [-0.2, 0) is 15.7 Å². The van der Waals surface area contributed by atoms with E-state index in [9.17, 15) is 35.9 Å². The Labute approximate surface area is 236 Å². The first-order valence-electron chi connectivity index (χ1n) is 11.4. The molecule has 0 bridgehead atoms. The van der Waals surface area contributed by atoms with Gasteiger partial charge < -0.3 is 10.1 Å². The van der Waals surface area contributed by atoms with E-state index in [1.807, 2.05) is 0 Å². The number of carbonyl (C=O) groups is 2. The van der Waals surface area contributed by atoms with Crippen molar-refractivity contribution in [3.05, 3.63) is 73.7 Å². The number of nitrogens with one attached hydrogen (secondary N) is 1. The molecule has 0 saturated carbocycles. The Hall–Kier alpha value is -2.27. The van der Waals surface area contributed by atoms with Gasteiger partial charge in [-0.15, -0.1) is 0 Å². The third-order valence-corrected chi connectivity index (χ3v) is 7.07. The number of methoxy groups -OCH3 is 1. The maximum absolute atomic E-state index is 13.9. The summed E-state index contributed by atoms with van der Waals surface area (Å²) in [5, 5.41) is 1.67. The standard InChI is InChI=1S/C26H24Cl3F6NO3/c1-4-13(2)23(37)21(12-39-3)36-24(38)16-7-5-14(9-18(16)26(33,34)35)6-8-17(25(30,31)32)15-10-19(27)22(29)20(28)11-15/h5-11,13,17,21H,4,12H2,1-3H3,(H,36,38). The lowest BCUT2D eigenvalue weighted by Gasteiger charge is -2.21. The Kier molecular flexibility index (Phi) is 11.3. The summed E-state index contributed by atoms with van der Waals surface area (Å²) in [5.74, 6) is -4.35. The molecule has 0 aliphatic heterocycles. The van der Waals surface area contributed by atoms with Gasteiger partial charge in [0.05, 0.1) is 38.7 Å². The lowest BCUT2D eigenvalue weighted by molar-refractivity contribution is -0.139. The van der Waals surface area contributed by atoms with Gasteiger partial charge in [-0.25, -0.2) is 0 Å². The Morgan fingerprint density at radius 2 is 1.62 bits per heavy atom. The highest BCUT2D eigenvalue weighted by Gasteiger charge is 2.40. The van der Waals surface area contributed by atoms with Crippen molar-refractivity contribution in [2.75, 3.05) is 13.7 Å². The summed E-state index contributed by atoms with van der Waals surface area (Å²) in [4.78, 5) is 25.3. The van der Waals surface area contributed by atoms with Gasteiger partial charge in [0, 0.05) is 13.0 Å². The van der Waals surface area contributed by atoms with Crippen LogP contribution in [0.15, 0.2) is 36.4 Å². The SMILES string of the molecule is CCC(C)C(=O)C(COC)NC(=O)c1ccc(C=CC(c2cc(Cl)c(Cl)c(Cl)c2)C(F)(F)F)cc1C(F)(F)F. The van der Waals surface area contributed by atoms with Gasteiger partial charge >= 0.3 is 12.4 Å². The molecule has 2 aromatic rings. The number of Topliss-reactive ketones (excluding diaryl/α,β-unsaturated/α-hetero) is 1. The van der Waals surface area contributed by atoms with E-state index >= 15 is 0 Å². The number of hydrogen-bond donors (Lipinski definition) is 1. The molecule has 1 amide bonds. The zero-order valence-electron chi connectivity index (χ0n) is 20.8. The first-order valence-corrected chi connectivity index (χ1v) is 12.6. The minimum Gasteiger partial charge on any atom is -0.382 e. The molecule has 0 aliphatic carbocycles. The molecular formula is C26H24Cl3F6NO3. The molecule has 0 spiro atoms. The first-order chi connectivity index (χ1) is 18.0. The van der Waals surface area contributed by atoms with Gasteiger partial charge in [-0.2, -0.15) is 26.3 Å². The van der Waals surface area contributed by atoms with Crippen molar-refractivity contribution < 1.29 is 40.7 Å². The number of ether oxygens (including phenoxy) is 1. The van der Waals surface area contributed by atoms with Crippen LogP contribution in [0.4, 0.5) is 26.3 Å². The maximum Gasteiger partial charge on any atom is 0.417 e. The largest absolute Gasteiger partial charge is 0.417 e. The maximum atomic E-state index is 13.9. The summed E-state index contributed by atoms with van der Waals surface area (Å²) in [6.07, 6.45) is -7.95. The number of alkyl halides is 6. The molecule has 0 aliphatic rings. The summed E-state index contributed by atoms with van der Waals surface area (Å²) < 4.78 is 88.0. The average Bonchev–Trinajstić information content (AvgIpc) is 2.84. The van der Waals surface area contributed by atoms with Crippen LogP contribution in [0, 0.1) is 5.92 Å². The summed E-state index contributed by atoms with van der Waals surface area (Å²) >= 11 is 17.5. The van der Waals surface area contributed by atoms with E-state index in [4.69, 9.17) is 39.5 Å². The molecule has 0 heterocycles. The molecule has 0 radical (unpaired) electrons. The molecule has 1 N–H and O–H groups in total. The van der Waals surface area contributed by atoms with Gasteiger partial charge in [0.2, 0.25) is 0 Å². The number of ketones is 1. The second kappa shape index (κ2) is 13.4. The number of benzene rings is 2. The van der Waals surface area contributed by atoms with Gasteiger partial charge in [-0.1, -0.05) is 66.9 Å². The lowest BCUT2D eigenvalue weighted by Crippen LogP contribution is -2.46. The molecule has 3 atom stereocenters. The Morgan fingerprint density at radius 1 is 1.03 bits per heavy atom. The fraction of sp³-hybridized carbons (Fsp3) is 0.385. The van der Waals surface area contributed by atoms with Crippen LogP contribution < -0.4 is 5.32 Å². The normalized spacial score (nSPS) is 14.8. The zero-order chi connectivity index (χ0) is 29.7. The number of allylic oxidation sites excluding steroid dienone is 1. The molecule has 4 nitrogen and oxygen atoms in total. The Morgan fingerprint density at radius 3 is 2.10 bits per heavy atom. The predicted octanol–water partition coefficient (Wildman–Crippen LogP) is 8.38. The van der Waals surface area contributed by atoms with Gasteiger partial charge in [0.1, 0.15) is 6.04 Å². The van der Waals surface area contributed by atoms with Crippen LogP contribution in [0.25, 0.3) is 6.08 Å². The van der Waals surface area contributed by atoms with Crippen molar-refractivity contribution in [1.29, 1.82) is 0 Å². The summed E-state index contributed by atoms with van der Waals surface area (Å²) in [6, 6.07) is 3.16. The molecular weight excluding hydrogens is 595 g/mol. The van der Waals surface area contributed by atoms with Crippen LogP contribution in [0.5, 0.6) is 0 Å².